The van der Waals surface area contributed by atoms with Crippen LogP contribution in [-0.2, 0) is 5.41 Å². The lowest BCUT2D eigenvalue weighted by molar-refractivity contribution is 0.400. The van der Waals surface area contributed by atoms with Gasteiger partial charge < -0.3 is 9.80 Å². The van der Waals surface area contributed by atoms with E-state index in [1.54, 1.807) is 11.1 Å². The third-order valence-electron chi connectivity index (χ3n) is 12.2. The second-order valence-corrected chi connectivity index (χ2v) is 13.9. The van der Waals surface area contributed by atoms with E-state index in [0.717, 1.165) is 11.8 Å². The van der Waals surface area contributed by atoms with Gasteiger partial charge in [0.2, 0.25) is 0 Å². The number of anilines is 6. The molecule has 2 fully saturated rings. The molecule has 3 heteroatoms. The van der Waals surface area contributed by atoms with Crippen LogP contribution in [0.3, 0.4) is 0 Å². The van der Waals surface area contributed by atoms with Gasteiger partial charge in [0, 0.05) is 39.4 Å². The Bertz CT molecular complexity index is 2200. The molecule has 0 radical (unpaired) electrons. The lowest BCUT2D eigenvalue weighted by Gasteiger charge is -2.44. The molecule has 0 N–H and O–H groups in total. The average Bonchev–Trinajstić information content (AvgIpc) is 3.78. The summed E-state index contributed by atoms with van der Waals surface area (Å²) in [5, 5.41) is 0. The Hall–Kier alpha value is -5.02. The summed E-state index contributed by atoms with van der Waals surface area (Å²) >= 11 is 0. The first-order chi connectivity index (χ1) is 22.9. The number of para-hydroxylation sites is 3. The predicted molar refractivity (Wildman–Crippen MR) is 192 cm³/mol. The van der Waals surface area contributed by atoms with Crippen molar-refractivity contribution in [3.8, 4) is 11.1 Å². The van der Waals surface area contributed by atoms with E-state index in [9.17, 15) is 0 Å². The summed E-state index contributed by atoms with van der Waals surface area (Å²) in [4.78, 5) is 5.10. The predicted octanol–water partition coefficient (Wildman–Crippen LogP) is 8.86. The van der Waals surface area contributed by atoms with E-state index in [4.69, 9.17) is 0 Å². The van der Waals surface area contributed by atoms with Crippen molar-refractivity contribution in [2.24, 2.45) is 11.8 Å². The Morgan fingerprint density at radius 3 is 1.72 bits per heavy atom. The molecule has 5 aliphatic rings. The van der Waals surface area contributed by atoms with Crippen molar-refractivity contribution in [2.75, 3.05) is 9.80 Å². The molecule has 1 spiro atoms. The molecule has 218 valence electrons. The number of rotatable bonds is 2. The van der Waals surface area contributed by atoms with Crippen molar-refractivity contribution >= 4 is 57.2 Å². The van der Waals surface area contributed by atoms with Crippen LogP contribution in [0, 0.1) is 11.8 Å². The minimum absolute atomic E-state index is 0.163. The third-order valence-corrected chi connectivity index (χ3v) is 12.2. The number of benzene rings is 6. The molecule has 0 saturated heterocycles. The fraction of sp³-hybridized carbons (Fsp3) is 0.163. The van der Waals surface area contributed by atoms with E-state index in [1.807, 2.05) is 0 Å². The first kappa shape index (κ1) is 25.2. The minimum Gasteiger partial charge on any atom is -0.311 e. The smallest absolute Gasteiger partial charge is 0.252 e. The van der Waals surface area contributed by atoms with Gasteiger partial charge in [0.15, 0.2) is 0 Å². The normalized spacial score (nSPS) is 22.4. The molecule has 6 aromatic rings. The quantitative estimate of drug-likeness (QED) is 0.186. The Balaban J connectivity index is 1.22. The summed E-state index contributed by atoms with van der Waals surface area (Å²) in [5.74, 6) is 1.49. The topological polar surface area (TPSA) is 6.48 Å². The standard InChI is InChI=1S/C43H33BN2/c1-2-12-30(13-3-1)45-36-19-8-6-17-34(36)44-35-18-7-9-20-37(35)46(40-23-11-22-39(45)42(40)44)38-21-10-16-33-41(38)31-14-4-5-15-32(31)43(33)28-24-25-29(43)27-26-28/h1-23,28-29H,24-27H2. The molecule has 2 heterocycles. The van der Waals surface area contributed by atoms with Crippen molar-refractivity contribution in [2.45, 2.75) is 31.1 Å². The molecule has 0 atom stereocenters. The SMILES string of the molecule is c1ccc(N2c3ccccc3B3c4ccccc4N(c4cccc5c4-c4ccccc4C54C5CCC4CC5)c4cccc2c43)cc1. The van der Waals surface area contributed by atoms with E-state index >= 15 is 0 Å². The zero-order valence-electron chi connectivity index (χ0n) is 25.7. The fourth-order valence-electron chi connectivity index (χ4n) is 10.7. The maximum absolute atomic E-state index is 2.62. The second kappa shape index (κ2) is 9.04. The van der Waals surface area contributed by atoms with Crippen LogP contribution in [0.5, 0.6) is 0 Å². The fourth-order valence-corrected chi connectivity index (χ4v) is 10.7. The molecule has 46 heavy (non-hydrogen) atoms. The summed E-state index contributed by atoms with van der Waals surface area (Å²) in [7, 11) is 0. The van der Waals surface area contributed by atoms with Gasteiger partial charge in [-0.3, -0.25) is 0 Å². The van der Waals surface area contributed by atoms with Crippen molar-refractivity contribution in [1.82, 2.24) is 0 Å². The molecule has 6 aromatic carbocycles. The van der Waals surface area contributed by atoms with Crippen molar-refractivity contribution in [3.05, 3.63) is 151 Å². The minimum atomic E-state index is 0.163. The monoisotopic (exact) mass is 588 g/mol. The molecule has 0 unspecified atom stereocenters. The highest BCUT2D eigenvalue weighted by Gasteiger charge is 2.60. The van der Waals surface area contributed by atoms with Crippen LogP contribution in [-0.4, -0.2) is 6.71 Å². The van der Waals surface area contributed by atoms with Gasteiger partial charge in [-0.15, -0.1) is 0 Å². The zero-order chi connectivity index (χ0) is 30.0. The Labute approximate surface area is 271 Å². The van der Waals surface area contributed by atoms with Crippen LogP contribution in [0.2, 0.25) is 0 Å². The average molecular weight is 589 g/mol. The molecular formula is C43H33BN2. The van der Waals surface area contributed by atoms with Crippen molar-refractivity contribution < 1.29 is 0 Å². The Kier molecular flexibility index (Phi) is 4.95. The van der Waals surface area contributed by atoms with E-state index < -0.39 is 0 Å². The van der Waals surface area contributed by atoms with Crippen molar-refractivity contribution in [1.29, 1.82) is 0 Å². The number of nitrogens with zero attached hydrogens (tertiary/aromatic N) is 2. The maximum Gasteiger partial charge on any atom is 0.252 e. The highest BCUT2D eigenvalue weighted by Crippen LogP contribution is 2.69. The molecule has 2 aliphatic heterocycles. The molecule has 11 rings (SSSR count). The molecule has 2 saturated carbocycles. The number of hydrogen-bond acceptors (Lipinski definition) is 2. The van der Waals surface area contributed by atoms with E-state index in [1.165, 1.54) is 87.3 Å². The molecule has 2 bridgehead atoms. The summed E-state index contributed by atoms with van der Waals surface area (Å²) in [6, 6.07) is 52.7. The van der Waals surface area contributed by atoms with Crippen LogP contribution < -0.4 is 26.2 Å². The van der Waals surface area contributed by atoms with Crippen LogP contribution in [0.1, 0.15) is 36.8 Å². The van der Waals surface area contributed by atoms with Gasteiger partial charge in [-0.25, -0.2) is 0 Å². The van der Waals surface area contributed by atoms with Gasteiger partial charge >= 0.3 is 0 Å². The highest BCUT2D eigenvalue weighted by atomic mass is 15.2. The van der Waals surface area contributed by atoms with Crippen LogP contribution in [0.4, 0.5) is 34.1 Å². The van der Waals surface area contributed by atoms with Crippen molar-refractivity contribution in [3.63, 3.8) is 0 Å². The lowest BCUT2D eigenvalue weighted by Crippen LogP contribution is -2.61. The maximum atomic E-state index is 2.62. The van der Waals surface area contributed by atoms with Gasteiger partial charge in [0.1, 0.15) is 0 Å². The Morgan fingerprint density at radius 1 is 0.457 bits per heavy atom. The summed E-state index contributed by atoms with van der Waals surface area (Å²) in [6.07, 6.45) is 5.44. The largest absolute Gasteiger partial charge is 0.311 e. The van der Waals surface area contributed by atoms with Crippen LogP contribution in [0.15, 0.2) is 140 Å². The van der Waals surface area contributed by atoms with Crippen LogP contribution >= 0.6 is 0 Å². The number of fused-ring (bicyclic) bond motifs is 7. The van der Waals surface area contributed by atoms with Gasteiger partial charge in [0.05, 0.1) is 5.69 Å². The molecular weight excluding hydrogens is 555 g/mol. The summed E-state index contributed by atoms with van der Waals surface area (Å²) < 4.78 is 0. The third kappa shape index (κ3) is 2.95. The highest BCUT2D eigenvalue weighted by molar-refractivity contribution is 7.00. The Morgan fingerprint density at radius 2 is 0.978 bits per heavy atom. The molecule has 0 aromatic heterocycles. The summed E-state index contributed by atoms with van der Waals surface area (Å²) in [6.45, 7) is 0.163. The second-order valence-electron chi connectivity index (χ2n) is 13.9. The first-order valence-corrected chi connectivity index (χ1v) is 17.0. The molecule has 3 aliphatic carbocycles. The number of hydrogen-bond donors (Lipinski definition) is 0. The zero-order valence-corrected chi connectivity index (χ0v) is 25.7. The lowest BCUT2D eigenvalue weighted by atomic mass is 9.33. The van der Waals surface area contributed by atoms with Gasteiger partial charge in [-0.05, 0) is 113 Å². The summed E-state index contributed by atoms with van der Waals surface area (Å²) in [5.41, 5.74) is 18.0. The molecule has 2 nitrogen and oxygen atoms in total. The molecule has 0 amide bonds. The van der Waals surface area contributed by atoms with Crippen LogP contribution in [0.25, 0.3) is 11.1 Å². The first-order valence-electron chi connectivity index (χ1n) is 17.0. The van der Waals surface area contributed by atoms with E-state index in [-0.39, 0.29) is 12.1 Å². The van der Waals surface area contributed by atoms with Gasteiger partial charge in [-0.2, -0.15) is 0 Å². The van der Waals surface area contributed by atoms with Gasteiger partial charge in [-0.1, -0.05) is 97.1 Å². The van der Waals surface area contributed by atoms with Gasteiger partial charge in [0.25, 0.3) is 6.71 Å². The van der Waals surface area contributed by atoms with E-state index in [2.05, 4.69) is 149 Å². The van der Waals surface area contributed by atoms with E-state index in [0.29, 0.717) is 0 Å².